The predicted octanol–water partition coefficient (Wildman–Crippen LogP) is 1.96. The number of carbonyl (C=O) groups is 1. The van der Waals surface area contributed by atoms with Crippen LogP contribution in [0.4, 0.5) is 5.69 Å². The summed E-state index contributed by atoms with van der Waals surface area (Å²) in [4.78, 5) is 12.9. The lowest BCUT2D eigenvalue weighted by Crippen LogP contribution is -2.20. The lowest BCUT2D eigenvalue weighted by molar-refractivity contribution is 0.112. The Balaban J connectivity index is 2.63. The number of aldehydes is 1. The van der Waals surface area contributed by atoms with E-state index in [0.717, 1.165) is 29.6 Å². The molecule has 0 unspecified atom stereocenters. The van der Waals surface area contributed by atoms with Crippen LogP contribution in [0.3, 0.4) is 0 Å². The summed E-state index contributed by atoms with van der Waals surface area (Å²) in [6, 6.07) is 5.79. The van der Waals surface area contributed by atoms with E-state index in [0.29, 0.717) is 0 Å². The van der Waals surface area contributed by atoms with Gasteiger partial charge in [-0.05, 0) is 6.07 Å². The molecule has 2 nitrogen and oxygen atoms in total. The summed E-state index contributed by atoms with van der Waals surface area (Å²) in [5.41, 5.74) is 2.93. The number of anilines is 1. The average molecular weight is 173 g/mol. The third-order valence-corrected chi connectivity index (χ3v) is 2.32. The summed E-state index contributed by atoms with van der Waals surface area (Å²) < 4.78 is 0. The summed E-state index contributed by atoms with van der Waals surface area (Å²) >= 11 is 0. The second-order valence-corrected chi connectivity index (χ2v) is 3.18. The molecule has 0 amide bonds. The fourth-order valence-electron chi connectivity index (χ4n) is 1.61. The first-order chi connectivity index (χ1) is 6.33. The molecular weight excluding hydrogens is 162 g/mol. The van der Waals surface area contributed by atoms with Crippen LogP contribution in [0, 0.1) is 0 Å². The summed E-state index contributed by atoms with van der Waals surface area (Å²) in [5, 5.41) is 0. The Morgan fingerprint density at radius 3 is 3.08 bits per heavy atom. The molecule has 0 radical (unpaired) electrons. The van der Waals surface area contributed by atoms with Crippen molar-refractivity contribution in [2.24, 2.45) is 0 Å². The molecule has 0 bridgehead atoms. The molecule has 0 N–H and O–H groups in total. The van der Waals surface area contributed by atoms with Crippen molar-refractivity contribution >= 4 is 18.0 Å². The summed E-state index contributed by atoms with van der Waals surface area (Å²) in [7, 11) is 2.02. The summed E-state index contributed by atoms with van der Waals surface area (Å²) in [6.45, 7) is 0.912. The minimum Gasteiger partial charge on any atom is -0.370 e. The van der Waals surface area contributed by atoms with Gasteiger partial charge < -0.3 is 4.90 Å². The van der Waals surface area contributed by atoms with E-state index in [1.165, 1.54) is 0 Å². The van der Waals surface area contributed by atoms with E-state index in [-0.39, 0.29) is 0 Å². The number of nitrogens with zero attached hydrogens (tertiary/aromatic N) is 1. The van der Waals surface area contributed by atoms with Gasteiger partial charge >= 0.3 is 0 Å². The molecule has 0 fully saturated rings. The van der Waals surface area contributed by atoms with E-state index in [2.05, 4.69) is 11.0 Å². The Bertz CT molecular complexity index is 368. The van der Waals surface area contributed by atoms with Crippen LogP contribution < -0.4 is 4.90 Å². The topological polar surface area (TPSA) is 20.3 Å². The number of fused-ring (bicyclic) bond motifs is 1. The Labute approximate surface area is 77.5 Å². The van der Waals surface area contributed by atoms with Gasteiger partial charge in [0.25, 0.3) is 0 Å². The summed E-state index contributed by atoms with van der Waals surface area (Å²) in [5.74, 6) is 0. The van der Waals surface area contributed by atoms with E-state index in [1.807, 2.05) is 31.3 Å². The molecule has 0 atom stereocenters. The van der Waals surface area contributed by atoms with Crippen molar-refractivity contribution < 1.29 is 4.79 Å². The minimum atomic E-state index is 0.764. The van der Waals surface area contributed by atoms with E-state index < -0.39 is 0 Å². The van der Waals surface area contributed by atoms with Crippen LogP contribution >= 0.6 is 0 Å². The number of likely N-dealkylation sites (N-methyl/N-ethyl adjacent to an activating group) is 1. The molecule has 1 aromatic carbocycles. The lowest BCUT2D eigenvalue weighted by atomic mass is 10.0. The van der Waals surface area contributed by atoms with Crippen molar-refractivity contribution in [2.75, 3.05) is 18.5 Å². The van der Waals surface area contributed by atoms with Gasteiger partial charge in [0.05, 0.1) is 0 Å². The molecule has 66 valence electrons. The van der Waals surface area contributed by atoms with Crippen LogP contribution in [0.5, 0.6) is 0 Å². The van der Waals surface area contributed by atoms with Gasteiger partial charge in [-0.2, -0.15) is 0 Å². The number of carbonyl (C=O) groups excluding carboxylic acids is 1. The Kier molecular flexibility index (Phi) is 1.89. The van der Waals surface area contributed by atoms with Crippen molar-refractivity contribution in [1.82, 2.24) is 0 Å². The molecule has 1 heterocycles. The molecule has 0 aromatic heterocycles. The highest BCUT2D eigenvalue weighted by molar-refractivity contribution is 5.88. The van der Waals surface area contributed by atoms with Gasteiger partial charge in [-0.1, -0.05) is 24.3 Å². The SMILES string of the molecule is CN1CC=Cc2c(C=O)cccc21. The molecule has 0 spiro atoms. The van der Waals surface area contributed by atoms with Gasteiger partial charge in [-0.15, -0.1) is 0 Å². The molecule has 2 heteroatoms. The molecule has 0 saturated heterocycles. The third kappa shape index (κ3) is 1.24. The number of rotatable bonds is 1. The van der Waals surface area contributed by atoms with E-state index in [1.54, 1.807) is 0 Å². The average Bonchev–Trinajstić information content (AvgIpc) is 2.18. The number of benzene rings is 1. The van der Waals surface area contributed by atoms with Gasteiger partial charge in [-0.3, -0.25) is 4.79 Å². The molecule has 13 heavy (non-hydrogen) atoms. The van der Waals surface area contributed by atoms with E-state index >= 15 is 0 Å². The number of hydrogen-bond donors (Lipinski definition) is 0. The Morgan fingerprint density at radius 2 is 2.31 bits per heavy atom. The fourth-order valence-corrected chi connectivity index (χ4v) is 1.61. The second kappa shape index (κ2) is 3.05. The first-order valence-corrected chi connectivity index (χ1v) is 4.29. The molecule has 1 aromatic rings. The lowest BCUT2D eigenvalue weighted by Gasteiger charge is -2.24. The standard InChI is InChI=1S/C11H11NO/c1-12-7-3-5-10-9(8-13)4-2-6-11(10)12/h2-6,8H,7H2,1H3. The molecule has 1 aliphatic heterocycles. The van der Waals surface area contributed by atoms with E-state index in [9.17, 15) is 4.79 Å². The molecule has 0 saturated carbocycles. The first-order valence-electron chi connectivity index (χ1n) is 4.29. The zero-order valence-electron chi connectivity index (χ0n) is 7.53. The van der Waals surface area contributed by atoms with Crippen molar-refractivity contribution in [3.05, 3.63) is 35.4 Å². The highest BCUT2D eigenvalue weighted by Crippen LogP contribution is 2.26. The number of hydrogen-bond acceptors (Lipinski definition) is 2. The normalized spacial score (nSPS) is 14.1. The monoisotopic (exact) mass is 173 g/mol. The van der Waals surface area contributed by atoms with Crippen molar-refractivity contribution in [3.8, 4) is 0 Å². The van der Waals surface area contributed by atoms with Crippen LogP contribution in [0.25, 0.3) is 6.08 Å². The summed E-state index contributed by atoms with van der Waals surface area (Å²) in [6.07, 6.45) is 4.98. The Morgan fingerprint density at radius 1 is 1.46 bits per heavy atom. The minimum absolute atomic E-state index is 0.764. The van der Waals surface area contributed by atoms with Gasteiger partial charge in [0.1, 0.15) is 0 Å². The zero-order valence-corrected chi connectivity index (χ0v) is 7.53. The fraction of sp³-hybridized carbons (Fsp3) is 0.182. The van der Waals surface area contributed by atoms with Crippen LogP contribution in [0.2, 0.25) is 0 Å². The second-order valence-electron chi connectivity index (χ2n) is 3.18. The molecular formula is C11H11NO. The Hall–Kier alpha value is -1.57. The smallest absolute Gasteiger partial charge is 0.150 e. The molecule has 2 rings (SSSR count). The largest absolute Gasteiger partial charge is 0.370 e. The van der Waals surface area contributed by atoms with Gasteiger partial charge in [0.2, 0.25) is 0 Å². The first kappa shape index (κ1) is 8.05. The third-order valence-electron chi connectivity index (χ3n) is 2.32. The molecule has 0 aliphatic carbocycles. The van der Waals surface area contributed by atoms with Crippen molar-refractivity contribution in [2.45, 2.75) is 0 Å². The van der Waals surface area contributed by atoms with Crippen LogP contribution in [0.15, 0.2) is 24.3 Å². The van der Waals surface area contributed by atoms with Crippen molar-refractivity contribution in [1.29, 1.82) is 0 Å². The maximum absolute atomic E-state index is 10.7. The maximum atomic E-state index is 10.7. The highest BCUT2D eigenvalue weighted by atomic mass is 16.1. The van der Waals surface area contributed by atoms with Gasteiger partial charge in [-0.25, -0.2) is 0 Å². The van der Waals surface area contributed by atoms with Crippen molar-refractivity contribution in [3.63, 3.8) is 0 Å². The zero-order chi connectivity index (χ0) is 9.26. The van der Waals surface area contributed by atoms with Crippen LogP contribution in [-0.2, 0) is 0 Å². The quantitative estimate of drug-likeness (QED) is 0.605. The van der Waals surface area contributed by atoms with Gasteiger partial charge in [0, 0.05) is 30.4 Å². The van der Waals surface area contributed by atoms with Crippen LogP contribution in [-0.4, -0.2) is 19.9 Å². The highest BCUT2D eigenvalue weighted by Gasteiger charge is 2.11. The predicted molar refractivity (Wildman–Crippen MR) is 54.1 cm³/mol. The van der Waals surface area contributed by atoms with E-state index in [4.69, 9.17) is 0 Å². The van der Waals surface area contributed by atoms with Crippen LogP contribution in [0.1, 0.15) is 15.9 Å². The van der Waals surface area contributed by atoms with Gasteiger partial charge in [0.15, 0.2) is 6.29 Å². The molecule has 1 aliphatic rings. The maximum Gasteiger partial charge on any atom is 0.150 e.